The molecule has 0 fully saturated rings. The fraction of sp³-hybridized carbons (Fsp3) is 0.500. The van der Waals surface area contributed by atoms with Gasteiger partial charge in [-0.15, -0.1) is 10.2 Å². The Morgan fingerprint density at radius 3 is 3.15 bits per heavy atom. The Balaban J connectivity index is 2.38. The lowest BCUT2D eigenvalue weighted by molar-refractivity contribution is 0.317. The SMILES string of the molecule is CN(CCC(N)=NO)c1nncs1. The zero-order chi connectivity index (χ0) is 9.68. The normalized spacial score (nSPS) is 11.6. The minimum atomic E-state index is 0.219. The van der Waals surface area contributed by atoms with Gasteiger partial charge >= 0.3 is 0 Å². The molecule has 0 bridgehead atoms. The Morgan fingerprint density at radius 1 is 1.85 bits per heavy atom. The molecule has 7 heteroatoms. The average Bonchev–Trinajstić information content (AvgIpc) is 2.66. The summed E-state index contributed by atoms with van der Waals surface area (Å²) >= 11 is 1.45. The maximum absolute atomic E-state index is 8.30. The van der Waals surface area contributed by atoms with Gasteiger partial charge in [0.05, 0.1) is 0 Å². The summed E-state index contributed by atoms with van der Waals surface area (Å²) in [5, 5.41) is 19.6. The molecule has 3 N–H and O–H groups in total. The molecule has 0 saturated heterocycles. The lowest BCUT2D eigenvalue weighted by Gasteiger charge is -2.13. The Hall–Kier alpha value is -1.37. The third-order valence-electron chi connectivity index (χ3n) is 1.51. The van der Waals surface area contributed by atoms with E-state index in [2.05, 4.69) is 15.4 Å². The molecule has 1 rings (SSSR count). The molecule has 0 aromatic carbocycles. The van der Waals surface area contributed by atoms with E-state index >= 15 is 0 Å². The van der Waals surface area contributed by atoms with Crippen LogP contribution in [-0.4, -0.2) is 34.8 Å². The molecule has 0 saturated carbocycles. The third-order valence-corrected chi connectivity index (χ3v) is 2.31. The van der Waals surface area contributed by atoms with Crippen LogP contribution in [0.2, 0.25) is 0 Å². The number of nitrogens with zero attached hydrogens (tertiary/aromatic N) is 4. The average molecular weight is 201 g/mol. The molecule has 1 heterocycles. The summed E-state index contributed by atoms with van der Waals surface area (Å²) in [7, 11) is 1.88. The lowest BCUT2D eigenvalue weighted by Crippen LogP contribution is -2.24. The van der Waals surface area contributed by atoms with Crippen LogP contribution in [-0.2, 0) is 0 Å². The van der Waals surface area contributed by atoms with Crippen molar-refractivity contribution in [3.63, 3.8) is 0 Å². The minimum absolute atomic E-state index is 0.219. The van der Waals surface area contributed by atoms with Gasteiger partial charge in [-0.25, -0.2) is 0 Å². The molecule has 0 aliphatic carbocycles. The van der Waals surface area contributed by atoms with Crippen LogP contribution < -0.4 is 10.6 Å². The van der Waals surface area contributed by atoms with Crippen molar-refractivity contribution in [3.05, 3.63) is 5.51 Å². The Morgan fingerprint density at radius 2 is 2.62 bits per heavy atom. The van der Waals surface area contributed by atoms with E-state index in [0.717, 1.165) is 5.13 Å². The maximum Gasteiger partial charge on any atom is 0.207 e. The predicted molar refractivity (Wildman–Crippen MR) is 51.2 cm³/mol. The van der Waals surface area contributed by atoms with Gasteiger partial charge in [0.1, 0.15) is 11.3 Å². The first-order valence-electron chi connectivity index (χ1n) is 3.67. The van der Waals surface area contributed by atoms with Crippen LogP contribution in [0.3, 0.4) is 0 Å². The van der Waals surface area contributed by atoms with Gasteiger partial charge in [-0.3, -0.25) is 0 Å². The number of nitrogens with two attached hydrogens (primary N) is 1. The van der Waals surface area contributed by atoms with E-state index in [1.165, 1.54) is 11.3 Å². The van der Waals surface area contributed by atoms with Crippen molar-refractivity contribution < 1.29 is 5.21 Å². The molecule has 13 heavy (non-hydrogen) atoms. The summed E-state index contributed by atoms with van der Waals surface area (Å²) in [6, 6.07) is 0. The van der Waals surface area contributed by atoms with E-state index in [1.54, 1.807) is 5.51 Å². The second kappa shape index (κ2) is 4.61. The van der Waals surface area contributed by atoms with Crippen LogP contribution in [0.1, 0.15) is 6.42 Å². The van der Waals surface area contributed by atoms with Gasteiger partial charge in [0.15, 0.2) is 0 Å². The molecule has 0 spiro atoms. The lowest BCUT2D eigenvalue weighted by atomic mass is 10.4. The van der Waals surface area contributed by atoms with Crippen molar-refractivity contribution in [1.29, 1.82) is 0 Å². The van der Waals surface area contributed by atoms with Crippen LogP contribution in [0.4, 0.5) is 5.13 Å². The summed E-state index contributed by atoms with van der Waals surface area (Å²) in [5.74, 6) is 0.219. The molecule has 6 nitrogen and oxygen atoms in total. The van der Waals surface area contributed by atoms with E-state index in [1.807, 2.05) is 11.9 Å². The van der Waals surface area contributed by atoms with Crippen LogP contribution in [0.25, 0.3) is 0 Å². The highest BCUT2D eigenvalue weighted by atomic mass is 32.1. The number of hydrogen-bond donors (Lipinski definition) is 2. The largest absolute Gasteiger partial charge is 0.409 e. The molecular formula is C6H11N5OS. The summed E-state index contributed by atoms with van der Waals surface area (Å²) in [4.78, 5) is 1.90. The minimum Gasteiger partial charge on any atom is -0.409 e. The highest BCUT2D eigenvalue weighted by molar-refractivity contribution is 7.13. The molecule has 1 aromatic rings. The van der Waals surface area contributed by atoms with Gasteiger partial charge in [0.2, 0.25) is 5.13 Å². The predicted octanol–water partition coefficient (Wildman–Crippen LogP) is 0.111. The quantitative estimate of drug-likeness (QED) is 0.312. The summed E-state index contributed by atoms with van der Waals surface area (Å²) < 4.78 is 0. The van der Waals surface area contributed by atoms with Gasteiger partial charge in [-0.1, -0.05) is 16.5 Å². The molecule has 0 aliphatic rings. The number of hydrogen-bond acceptors (Lipinski definition) is 6. The van der Waals surface area contributed by atoms with E-state index in [0.29, 0.717) is 13.0 Å². The van der Waals surface area contributed by atoms with Gasteiger partial charge in [-0.2, -0.15) is 0 Å². The van der Waals surface area contributed by atoms with Crippen LogP contribution >= 0.6 is 11.3 Å². The fourth-order valence-corrected chi connectivity index (χ4v) is 1.32. The molecule has 1 aromatic heterocycles. The number of rotatable bonds is 4. The number of anilines is 1. The van der Waals surface area contributed by atoms with Crippen molar-refractivity contribution in [1.82, 2.24) is 10.2 Å². The molecule has 0 unspecified atom stereocenters. The van der Waals surface area contributed by atoms with E-state index < -0.39 is 0 Å². The second-order valence-electron chi connectivity index (χ2n) is 2.48. The summed E-state index contributed by atoms with van der Waals surface area (Å²) in [5.41, 5.74) is 6.98. The van der Waals surface area contributed by atoms with Crippen LogP contribution in [0.15, 0.2) is 10.7 Å². The first kappa shape index (κ1) is 9.72. The van der Waals surface area contributed by atoms with Crippen LogP contribution in [0, 0.1) is 0 Å². The number of oxime groups is 1. The zero-order valence-electron chi connectivity index (χ0n) is 7.21. The van der Waals surface area contributed by atoms with Gasteiger partial charge in [0.25, 0.3) is 0 Å². The Bertz CT molecular complexity index is 273. The third kappa shape index (κ3) is 2.86. The molecule has 0 amide bonds. The zero-order valence-corrected chi connectivity index (χ0v) is 8.03. The first-order chi connectivity index (χ1) is 6.24. The van der Waals surface area contributed by atoms with Crippen LogP contribution in [0.5, 0.6) is 0 Å². The highest BCUT2D eigenvalue weighted by Crippen LogP contribution is 2.13. The maximum atomic E-state index is 8.30. The molecule has 0 atom stereocenters. The molecular weight excluding hydrogens is 190 g/mol. The van der Waals surface area contributed by atoms with E-state index in [-0.39, 0.29) is 5.84 Å². The van der Waals surface area contributed by atoms with Gasteiger partial charge < -0.3 is 15.8 Å². The Labute approximate surface area is 79.7 Å². The van der Waals surface area contributed by atoms with Crippen molar-refractivity contribution in [2.45, 2.75) is 6.42 Å². The van der Waals surface area contributed by atoms with E-state index in [4.69, 9.17) is 10.9 Å². The highest BCUT2D eigenvalue weighted by Gasteiger charge is 2.04. The molecule has 0 radical (unpaired) electrons. The summed E-state index contributed by atoms with van der Waals surface area (Å²) in [6.07, 6.45) is 0.507. The summed E-state index contributed by atoms with van der Waals surface area (Å²) in [6.45, 7) is 0.658. The Kier molecular flexibility index (Phi) is 3.44. The van der Waals surface area contributed by atoms with Crippen molar-refractivity contribution in [2.75, 3.05) is 18.5 Å². The standard InChI is InChI=1S/C6H11N5OS/c1-11(3-2-5(7)10-12)6-9-8-4-13-6/h4,12H,2-3H2,1H3,(H2,7,10). The number of amidine groups is 1. The molecule has 72 valence electrons. The van der Waals surface area contributed by atoms with Crippen molar-refractivity contribution in [2.24, 2.45) is 10.9 Å². The van der Waals surface area contributed by atoms with Gasteiger partial charge in [-0.05, 0) is 0 Å². The van der Waals surface area contributed by atoms with E-state index in [9.17, 15) is 0 Å². The number of aromatic nitrogens is 2. The molecule has 0 aliphatic heterocycles. The van der Waals surface area contributed by atoms with Gasteiger partial charge in [0, 0.05) is 20.0 Å². The van der Waals surface area contributed by atoms with Crippen molar-refractivity contribution >= 4 is 22.3 Å². The smallest absolute Gasteiger partial charge is 0.207 e. The topological polar surface area (TPSA) is 87.6 Å². The second-order valence-corrected chi connectivity index (χ2v) is 3.30. The monoisotopic (exact) mass is 201 g/mol. The fourth-order valence-electron chi connectivity index (χ4n) is 0.761. The first-order valence-corrected chi connectivity index (χ1v) is 4.55. The van der Waals surface area contributed by atoms with Crippen molar-refractivity contribution in [3.8, 4) is 0 Å².